The van der Waals surface area contributed by atoms with Gasteiger partial charge in [-0.15, -0.1) is 0 Å². The van der Waals surface area contributed by atoms with E-state index < -0.39 is 11.6 Å². The summed E-state index contributed by atoms with van der Waals surface area (Å²) in [6, 6.07) is 4.96. The molecule has 0 bridgehead atoms. The van der Waals surface area contributed by atoms with Gasteiger partial charge in [0, 0.05) is 12.8 Å². The zero-order chi connectivity index (χ0) is 18.6. The van der Waals surface area contributed by atoms with E-state index in [-0.39, 0.29) is 24.5 Å². The maximum atomic E-state index is 12.6. The first-order chi connectivity index (χ1) is 11.8. The van der Waals surface area contributed by atoms with Gasteiger partial charge in [0.25, 0.3) is 5.91 Å². The summed E-state index contributed by atoms with van der Waals surface area (Å²) in [4.78, 5) is 24.8. The van der Waals surface area contributed by atoms with Gasteiger partial charge < -0.3 is 19.5 Å². The highest BCUT2D eigenvalue weighted by Crippen LogP contribution is 2.42. The van der Waals surface area contributed by atoms with Gasteiger partial charge in [-0.1, -0.05) is 0 Å². The van der Waals surface area contributed by atoms with Gasteiger partial charge in [-0.3, -0.25) is 4.79 Å². The number of hydrogen-bond donors (Lipinski definition) is 1. The molecular formula is C19H27NO5. The second kappa shape index (κ2) is 7.87. The lowest BCUT2D eigenvalue weighted by molar-refractivity contribution is -0.138. The summed E-state index contributed by atoms with van der Waals surface area (Å²) in [5.41, 5.74) is -0.0658. The summed E-state index contributed by atoms with van der Waals surface area (Å²) in [6.07, 6.45) is 1.88. The van der Waals surface area contributed by atoms with Gasteiger partial charge in [0.2, 0.25) is 0 Å². The second-order valence-corrected chi connectivity index (χ2v) is 6.64. The molecule has 0 aliphatic heterocycles. The van der Waals surface area contributed by atoms with E-state index >= 15 is 0 Å². The molecule has 1 saturated carbocycles. The molecule has 1 N–H and O–H groups in total. The summed E-state index contributed by atoms with van der Waals surface area (Å²) in [7, 11) is 1.54. The number of rotatable bonds is 8. The molecule has 1 aliphatic rings. The third-order valence-corrected chi connectivity index (χ3v) is 4.33. The summed E-state index contributed by atoms with van der Waals surface area (Å²) in [5.74, 6) is -0.0375. The number of nitrogens with one attached hydrogen (secondary N) is 1. The van der Waals surface area contributed by atoms with Crippen molar-refractivity contribution in [3.63, 3.8) is 0 Å². The Morgan fingerprint density at radius 1 is 1.32 bits per heavy atom. The molecule has 0 aromatic heterocycles. The van der Waals surface area contributed by atoms with E-state index in [0.29, 0.717) is 17.0 Å². The van der Waals surface area contributed by atoms with Crippen LogP contribution in [0.5, 0.6) is 5.75 Å². The van der Waals surface area contributed by atoms with Crippen molar-refractivity contribution >= 4 is 17.6 Å². The predicted octanol–water partition coefficient (Wildman–Crippen LogP) is 3.40. The number of carbonyl (C=O) groups excluding carboxylic acids is 2. The summed E-state index contributed by atoms with van der Waals surface area (Å²) in [6.45, 7) is 7.56. The topological polar surface area (TPSA) is 73.9 Å². The number of methoxy groups -OCH3 is 1. The Hall–Kier alpha value is -2.08. The van der Waals surface area contributed by atoms with Crippen molar-refractivity contribution in [1.82, 2.24) is 0 Å². The molecule has 1 aromatic carbocycles. The normalized spacial score (nSPS) is 16.2. The van der Waals surface area contributed by atoms with Gasteiger partial charge in [0.05, 0.1) is 12.7 Å². The SMILES string of the molecule is CCOC(=O)c1cc(NC(=O)[C@](C)(OC)C2CC2)ccc1OC(C)C. The molecule has 0 unspecified atom stereocenters. The zero-order valence-electron chi connectivity index (χ0n) is 15.5. The van der Waals surface area contributed by atoms with Gasteiger partial charge in [-0.2, -0.15) is 0 Å². The minimum Gasteiger partial charge on any atom is -0.490 e. The van der Waals surface area contributed by atoms with Gasteiger partial charge in [-0.05, 0) is 64.7 Å². The monoisotopic (exact) mass is 349 g/mol. The fourth-order valence-corrected chi connectivity index (χ4v) is 2.67. The molecule has 1 amide bonds. The number of amides is 1. The second-order valence-electron chi connectivity index (χ2n) is 6.64. The minimum atomic E-state index is -0.864. The number of anilines is 1. The molecule has 1 aromatic rings. The molecule has 6 heteroatoms. The van der Waals surface area contributed by atoms with Crippen LogP contribution in [0.3, 0.4) is 0 Å². The third kappa shape index (κ3) is 4.51. The number of benzene rings is 1. The van der Waals surface area contributed by atoms with E-state index in [4.69, 9.17) is 14.2 Å². The maximum absolute atomic E-state index is 12.6. The Morgan fingerprint density at radius 2 is 2.00 bits per heavy atom. The molecular weight excluding hydrogens is 322 g/mol. The average Bonchev–Trinajstić information content (AvgIpc) is 3.40. The van der Waals surface area contributed by atoms with Crippen LogP contribution in [-0.4, -0.2) is 37.3 Å². The van der Waals surface area contributed by atoms with Crippen LogP contribution in [0.1, 0.15) is 50.9 Å². The number of carbonyl (C=O) groups is 2. The Kier molecular flexibility index (Phi) is 6.06. The van der Waals surface area contributed by atoms with Gasteiger partial charge in [-0.25, -0.2) is 4.79 Å². The van der Waals surface area contributed by atoms with Crippen LogP contribution >= 0.6 is 0 Å². The molecule has 6 nitrogen and oxygen atoms in total. The van der Waals surface area contributed by atoms with Crippen molar-refractivity contribution in [3.8, 4) is 5.75 Å². The lowest BCUT2D eigenvalue weighted by Crippen LogP contribution is -2.44. The molecule has 1 fully saturated rings. The van der Waals surface area contributed by atoms with E-state index in [1.54, 1.807) is 39.2 Å². The standard InChI is InChI=1S/C19H27NO5/c1-6-24-17(21)15-11-14(9-10-16(15)25-12(2)3)20-18(22)19(4,23-5)13-7-8-13/h9-13H,6-8H2,1-5H3,(H,20,22)/t19-/m1/s1. The quantitative estimate of drug-likeness (QED) is 0.728. The minimum absolute atomic E-state index is 0.0831. The molecule has 0 saturated heterocycles. The largest absolute Gasteiger partial charge is 0.490 e. The fourth-order valence-electron chi connectivity index (χ4n) is 2.67. The van der Waals surface area contributed by atoms with E-state index in [1.807, 2.05) is 13.8 Å². The fraction of sp³-hybridized carbons (Fsp3) is 0.579. The van der Waals surface area contributed by atoms with Crippen LogP contribution in [0, 0.1) is 5.92 Å². The molecule has 0 radical (unpaired) electrons. The van der Waals surface area contributed by atoms with Crippen molar-refractivity contribution in [1.29, 1.82) is 0 Å². The maximum Gasteiger partial charge on any atom is 0.341 e. The van der Waals surface area contributed by atoms with Crippen LogP contribution in [0.4, 0.5) is 5.69 Å². The van der Waals surface area contributed by atoms with Crippen molar-refractivity contribution in [2.45, 2.75) is 52.2 Å². The third-order valence-electron chi connectivity index (χ3n) is 4.33. The number of esters is 1. The smallest absolute Gasteiger partial charge is 0.341 e. The Balaban J connectivity index is 2.24. The number of hydrogen-bond acceptors (Lipinski definition) is 5. The lowest BCUT2D eigenvalue weighted by atomic mass is 9.99. The Morgan fingerprint density at radius 3 is 2.52 bits per heavy atom. The molecule has 2 rings (SSSR count). The van der Waals surface area contributed by atoms with Crippen molar-refractivity contribution in [2.75, 3.05) is 19.0 Å². The first kappa shape index (κ1) is 19.2. The molecule has 0 spiro atoms. The average molecular weight is 349 g/mol. The predicted molar refractivity (Wildman–Crippen MR) is 94.9 cm³/mol. The van der Waals surface area contributed by atoms with Crippen molar-refractivity contribution in [2.24, 2.45) is 5.92 Å². The first-order valence-corrected chi connectivity index (χ1v) is 8.66. The highest BCUT2D eigenvalue weighted by Gasteiger charge is 2.47. The Bertz CT molecular complexity index is 639. The van der Waals surface area contributed by atoms with E-state index in [0.717, 1.165) is 12.8 Å². The summed E-state index contributed by atoms with van der Waals surface area (Å²) in [5, 5.41) is 2.85. The Labute approximate surface area is 148 Å². The van der Waals surface area contributed by atoms with Crippen LogP contribution in [0.15, 0.2) is 18.2 Å². The van der Waals surface area contributed by atoms with Gasteiger partial charge in [0.1, 0.15) is 16.9 Å². The van der Waals surface area contributed by atoms with Gasteiger partial charge >= 0.3 is 5.97 Å². The van der Waals surface area contributed by atoms with E-state index in [2.05, 4.69) is 5.32 Å². The summed E-state index contributed by atoms with van der Waals surface area (Å²) >= 11 is 0. The van der Waals surface area contributed by atoms with Crippen LogP contribution in [0.25, 0.3) is 0 Å². The molecule has 1 atom stereocenters. The summed E-state index contributed by atoms with van der Waals surface area (Å²) < 4.78 is 16.2. The van der Waals surface area contributed by atoms with Crippen LogP contribution in [0.2, 0.25) is 0 Å². The zero-order valence-corrected chi connectivity index (χ0v) is 15.5. The van der Waals surface area contributed by atoms with Gasteiger partial charge in [0.15, 0.2) is 0 Å². The van der Waals surface area contributed by atoms with Crippen molar-refractivity contribution < 1.29 is 23.8 Å². The molecule has 1 aliphatic carbocycles. The highest BCUT2D eigenvalue weighted by atomic mass is 16.5. The molecule has 0 heterocycles. The van der Waals surface area contributed by atoms with Crippen molar-refractivity contribution in [3.05, 3.63) is 23.8 Å². The highest BCUT2D eigenvalue weighted by molar-refractivity contribution is 6.00. The van der Waals surface area contributed by atoms with E-state index in [9.17, 15) is 9.59 Å². The first-order valence-electron chi connectivity index (χ1n) is 8.66. The molecule has 138 valence electrons. The lowest BCUT2D eigenvalue weighted by Gasteiger charge is -2.27. The number of ether oxygens (including phenoxy) is 3. The molecule has 25 heavy (non-hydrogen) atoms. The van der Waals surface area contributed by atoms with Crippen LogP contribution in [-0.2, 0) is 14.3 Å². The van der Waals surface area contributed by atoms with E-state index in [1.165, 1.54) is 0 Å². The van der Waals surface area contributed by atoms with Crippen LogP contribution < -0.4 is 10.1 Å².